The molecule has 0 aliphatic carbocycles. The van der Waals surface area contributed by atoms with E-state index in [2.05, 4.69) is 5.32 Å². The molecule has 3 N–H and O–H groups in total. The number of nitrogens with one attached hydrogen (secondary N) is 1. The van der Waals surface area contributed by atoms with Gasteiger partial charge in [0.15, 0.2) is 0 Å². The smallest absolute Gasteiger partial charge is 0.245 e. The number of hydrogen-bond acceptors (Lipinski definition) is 3. The Morgan fingerprint density at radius 3 is 2.16 bits per heavy atom. The zero-order valence-electron chi connectivity index (χ0n) is 14.9. The van der Waals surface area contributed by atoms with Crippen LogP contribution in [0, 0.1) is 0 Å². The van der Waals surface area contributed by atoms with E-state index >= 15 is 0 Å². The van der Waals surface area contributed by atoms with Crippen LogP contribution in [0.15, 0.2) is 54.6 Å². The molecule has 0 heterocycles. The lowest BCUT2D eigenvalue weighted by molar-refractivity contribution is -0.131. The molecule has 0 saturated carbocycles. The van der Waals surface area contributed by atoms with Crippen molar-refractivity contribution in [3.05, 3.63) is 65.7 Å². The Morgan fingerprint density at radius 2 is 1.64 bits per heavy atom. The first-order valence-electron chi connectivity index (χ1n) is 8.36. The second-order valence-corrected chi connectivity index (χ2v) is 6.32. The van der Waals surface area contributed by atoms with Crippen molar-refractivity contribution in [2.24, 2.45) is 5.73 Å². The summed E-state index contributed by atoms with van der Waals surface area (Å²) in [6.45, 7) is 6.09. The van der Waals surface area contributed by atoms with E-state index in [0.29, 0.717) is 12.2 Å². The highest BCUT2D eigenvalue weighted by atomic mass is 16.2. The Balaban J connectivity index is 2.00. The van der Waals surface area contributed by atoms with E-state index in [0.717, 1.165) is 11.1 Å². The van der Waals surface area contributed by atoms with Gasteiger partial charge in [-0.15, -0.1) is 0 Å². The molecule has 0 spiro atoms. The summed E-state index contributed by atoms with van der Waals surface area (Å²) in [4.78, 5) is 25.7. The summed E-state index contributed by atoms with van der Waals surface area (Å²) in [7, 11) is 0. The number of rotatable bonds is 6. The number of anilines is 1. The summed E-state index contributed by atoms with van der Waals surface area (Å²) in [5.41, 5.74) is 8.45. The number of carbonyl (C=O) groups excluding carboxylic acids is 2. The van der Waals surface area contributed by atoms with E-state index in [9.17, 15) is 9.59 Å². The normalized spacial score (nSPS) is 11.9. The van der Waals surface area contributed by atoms with Gasteiger partial charge in [0.25, 0.3) is 0 Å². The molecule has 2 amide bonds. The lowest BCUT2D eigenvalue weighted by atomic mass is 10.1. The minimum absolute atomic E-state index is 0.0428. The van der Waals surface area contributed by atoms with Gasteiger partial charge in [-0.3, -0.25) is 9.59 Å². The summed E-state index contributed by atoms with van der Waals surface area (Å²) in [5, 5.41) is 2.82. The average molecular weight is 339 g/mol. The molecule has 0 saturated heterocycles. The molecule has 0 aliphatic rings. The van der Waals surface area contributed by atoms with Crippen molar-refractivity contribution in [3.63, 3.8) is 0 Å². The van der Waals surface area contributed by atoms with Crippen LogP contribution in [0.25, 0.3) is 0 Å². The molecule has 132 valence electrons. The van der Waals surface area contributed by atoms with Crippen LogP contribution in [0.2, 0.25) is 0 Å². The maximum absolute atomic E-state index is 12.3. The summed E-state index contributed by atoms with van der Waals surface area (Å²) in [6, 6.07) is 16.1. The monoisotopic (exact) mass is 339 g/mol. The standard InChI is InChI=1S/C20H25N3O2/c1-14(2)23(15(3)24)13-16-9-11-18(12-10-16)22-20(25)19(21)17-7-5-4-6-8-17/h4-12,14,19H,13,21H2,1-3H3,(H,22,25). The number of nitrogens with two attached hydrogens (primary N) is 1. The zero-order valence-corrected chi connectivity index (χ0v) is 14.9. The van der Waals surface area contributed by atoms with Crippen LogP contribution in [0.5, 0.6) is 0 Å². The number of benzene rings is 2. The Kier molecular flexibility index (Phi) is 6.31. The first kappa shape index (κ1) is 18.7. The number of amides is 2. The summed E-state index contributed by atoms with van der Waals surface area (Å²) in [5.74, 6) is -0.215. The highest BCUT2D eigenvalue weighted by Gasteiger charge is 2.16. The third kappa shape index (κ3) is 5.16. The van der Waals surface area contributed by atoms with Gasteiger partial charge in [-0.05, 0) is 37.1 Å². The van der Waals surface area contributed by atoms with Crippen LogP contribution < -0.4 is 11.1 Å². The molecule has 1 unspecified atom stereocenters. The Morgan fingerprint density at radius 1 is 1.04 bits per heavy atom. The minimum atomic E-state index is -0.713. The van der Waals surface area contributed by atoms with Crippen LogP contribution in [0.4, 0.5) is 5.69 Å². The van der Waals surface area contributed by atoms with Gasteiger partial charge in [0.2, 0.25) is 11.8 Å². The van der Waals surface area contributed by atoms with E-state index in [1.54, 1.807) is 11.8 Å². The Hall–Kier alpha value is -2.66. The highest BCUT2D eigenvalue weighted by Crippen LogP contribution is 2.16. The second kappa shape index (κ2) is 8.44. The molecule has 0 aromatic heterocycles. The van der Waals surface area contributed by atoms with Gasteiger partial charge in [-0.25, -0.2) is 0 Å². The van der Waals surface area contributed by atoms with Crippen molar-refractivity contribution >= 4 is 17.5 Å². The fraction of sp³-hybridized carbons (Fsp3) is 0.300. The fourth-order valence-electron chi connectivity index (χ4n) is 2.58. The van der Waals surface area contributed by atoms with E-state index in [4.69, 9.17) is 5.73 Å². The minimum Gasteiger partial charge on any atom is -0.336 e. The van der Waals surface area contributed by atoms with Gasteiger partial charge >= 0.3 is 0 Å². The maximum atomic E-state index is 12.3. The summed E-state index contributed by atoms with van der Waals surface area (Å²) in [6.07, 6.45) is 0. The largest absolute Gasteiger partial charge is 0.336 e. The van der Waals surface area contributed by atoms with Gasteiger partial charge in [-0.1, -0.05) is 42.5 Å². The molecular formula is C20H25N3O2. The molecule has 2 aromatic rings. The first-order valence-corrected chi connectivity index (χ1v) is 8.36. The molecular weight excluding hydrogens is 314 g/mol. The molecule has 2 rings (SSSR count). The average Bonchev–Trinajstić information content (AvgIpc) is 2.60. The fourth-order valence-corrected chi connectivity index (χ4v) is 2.58. The van der Waals surface area contributed by atoms with Crippen LogP contribution in [-0.4, -0.2) is 22.8 Å². The number of carbonyl (C=O) groups is 2. The van der Waals surface area contributed by atoms with Gasteiger partial charge in [-0.2, -0.15) is 0 Å². The summed E-state index contributed by atoms with van der Waals surface area (Å²) < 4.78 is 0. The van der Waals surface area contributed by atoms with E-state index in [1.165, 1.54) is 0 Å². The molecule has 2 aromatic carbocycles. The van der Waals surface area contributed by atoms with Crippen LogP contribution in [0.1, 0.15) is 37.9 Å². The van der Waals surface area contributed by atoms with Crippen molar-refractivity contribution in [1.29, 1.82) is 0 Å². The van der Waals surface area contributed by atoms with Gasteiger partial charge in [0, 0.05) is 25.2 Å². The molecule has 0 bridgehead atoms. The van der Waals surface area contributed by atoms with E-state index in [1.807, 2.05) is 68.4 Å². The number of hydrogen-bond donors (Lipinski definition) is 2. The second-order valence-electron chi connectivity index (χ2n) is 6.32. The molecule has 1 atom stereocenters. The molecule has 0 aliphatic heterocycles. The predicted octanol–water partition coefficient (Wildman–Crippen LogP) is 3.08. The molecule has 0 radical (unpaired) electrons. The third-order valence-electron chi connectivity index (χ3n) is 4.04. The van der Waals surface area contributed by atoms with Crippen molar-refractivity contribution in [1.82, 2.24) is 4.90 Å². The lowest BCUT2D eigenvalue weighted by Crippen LogP contribution is -2.34. The van der Waals surface area contributed by atoms with Crippen molar-refractivity contribution in [2.75, 3.05) is 5.32 Å². The SMILES string of the molecule is CC(=O)N(Cc1ccc(NC(=O)C(N)c2ccccc2)cc1)C(C)C. The topological polar surface area (TPSA) is 75.4 Å². The number of nitrogens with zero attached hydrogens (tertiary/aromatic N) is 1. The Labute approximate surface area is 148 Å². The van der Waals surface area contributed by atoms with E-state index < -0.39 is 6.04 Å². The third-order valence-corrected chi connectivity index (χ3v) is 4.04. The van der Waals surface area contributed by atoms with Crippen molar-refractivity contribution in [2.45, 2.75) is 39.4 Å². The molecule has 0 fully saturated rings. The van der Waals surface area contributed by atoms with Crippen molar-refractivity contribution < 1.29 is 9.59 Å². The summed E-state index contributed by atoms with van der Waals surface area (Å²) >= 11 is 0. The zero-order chi connectivity index (χ0) is 18.4. The van der Waals surface area contributed by atoms with Crippen LogP contribution in [-0.2, 0) is 16.1 Å². The van der Waals surface area contributed by atoms with Crippen molar-refractivity contribution in [3.8, 4) is 0 Å². The van der Waals surface area contributed by atoms with Gasteiger partial charge < -0.3 is 16.0 Å². The highest BCUT2D eigenvalue weighted by molar-refractivity contribution is 5.95. The van der Waals surface area contributed by atoms with Crippen LogP contribution in [0.3, 0.4) is 0 Å². The Bertz CT molecular complexity index is 711. The molecule has 5 heteroatoms. The van der Waals surface area contributed by atoms with Crippen LogP contribution >= 0.6 is 0 Å². The lowest BCUT2D eigenvalue weighted by Gasteiger charge is -2.25. The molecule has 25 heavy (non-hydrogen) atoms. The maximum Gasteiger partial charge on any atom is 0.245 e. The first-order chi connectivity index (χ1) is 11.9. The van der Waals surface area contributed by atoms with Gasteiger partial charge in [0.1, 0.15) is 6.04 Å². The van der Waals surface area contributed by atoms with E-state index in [-0.39, 0.29) is 17.9 Å². The predicted molar refractivity (Wildman–Crippen MR) is 99.8 cm³/mol. The van der Waals surface area contributed by atoms with Gasteiger partial charge in [0.05, 0.1) is 0 Å². The molecule has 5 nitrogen and oxygen atoms in total. The quantitative estimate of drug-likeness (QED) is 0.849.